The van der Waals surface area contributed by atoms with Gasteiger partial charge in [-0.3, -0.25) is 4.79 Å². The van der Waals surface area contributed by atoms with E-state index in [1.165, 1.54) is 0 Å². The number of aryl methyl sites for hydroxylation is 1. The fourth-order valence-electron chi connectivity index (χ4n) is 2.13. The lowest BCUT2D eigenvalue weighted by atomic mass is 10.3. The molecule has 2 aromatic heterocycles. The minimum atomic E-state index is -0.165. The first-order valence-electron chi connectivity index (χ1n) is 6.36. The highest BCUT2D eigenvalue weighted by Gasteiger charge is 2.27. The molecule has 2 heterocycles. The van der Waals surface area contributed by atoms with Gasteiger partial charge in [0.2, 0.25) is 0 Å². The summed E-state index contributed by atoms with van der Waals surface area (Å²) in [5.74, 6) is 0.397. The third-order valence-electron chi connectivity index (χ3n) is 3.17. The molecule has 1 amide bonds. The van der Waals surface area contributed by atoms with Crippen molar-refractivity contribution in [1.82, 2.24) is 9.55 Å². The van der Waals surface area contributed by atoms with E-state index in [1.54, 1.807) is 12.1 Å². The van der Waals surface area contributed by atoms with Gasteiger partial charge in [-0.2, -0.15) is 0 Å². The van der Waals surface area contributed by atoms with Gasteiger partial charge < -0.3 is 15.6 Å². The molecule has 3 rings (SSSR count). The first kappa shape index (κ1) is 11.8. The van der Waals surface area contributed by atoms with Crippen molar-refractivity contribution in [2.75, 3.05) is 11.1 Å². The molecule has 1 saturated carbocycles. The lowest BCUT2D eigenvalue weighted by Gasteiger charge is -2.08. The summed E-state index contributed by atoms with van der Waals surface area (Å²) in [6.07, 6.45) is 4.05. The van der Waals surface area contributed by atoms with Crippen LogP contribution in [0.2, 0.25) is 0 Å². The van der Waals surface area contributed by atoms with Crippen molar-refractivity contribution in [2.24, 2.45) is 0 Å². The Labute approximate surface area is 111 Å². The number of carbonyl (C=O) groups excluding carboxylic acids is 1. The van der Waals surface area contributed by atoms with Gasteiger partial charge in [0.25, 0.3) is 5.91 Å². The molecule has 5 heteroatoms. The van der Waals surface area contributed by atoms with E-state index in [1.807, 2.05) is 29.8 Å². The number of aromatic nitrogens is 2. The van der Waals surface area contributed by atoms with Crippen molar-refractivity contribution >= 4 is 17.4 Å². The molecule has 0 atom stereocenters. The molecule has 5 nitrogen and oxygen atoms in total. The summed E-state index contributed by atoms with van der Waals surface area (Å²) in [5, 5.41) is 2.81. The minimum absolute atomic E-state index is 0.165. The number of nitrogens with two attached hydrogens (primary N) is 1. The Balaban J connectivity index is 1.84. The zero-order valence-electron chi connectivity index (χ0n) is 10.8. The number of amides is 1. The van der Waals surface area contributed by atoms with Crippen LogP contribution in [-0.2, 0) is 0 Å². The molecule has 0 bridgehead atoms. The van der Waals surface area contributed by atoms with Crippen LogP contribution in [0.15, 0.2) is 30.5 Å². The van der Waals surface area contributed by atoms with Crippen LogP contribution in [-0.4, -0.2) is 15.5 Å². The monoisotopic (exact) mass is 256 g/mol. The summed E-state index contributed by atoms with van der Waals surface area (Å²) < 4.78 is 1.96. The summed E-state index contributed by atoms with van der Waals surface area (Å²) in [6, 6.07) is 7.66. The first-order valence-corrected chi connectivity index (χ1v) is 6.36. The zero-order chi connectivity index (χ0) is 13.4. The van der Waals surface area contributed by atoms with Gasteiger partial charge in [-0.25, -0.2) is 4.98 Å². The van der Waals surface area contributed by atoms with E-state index in [4.69, 9.17) is 5.73 Å². The van der Waals surface area contributed by atoms with Crippen LogP contribution >= 0.6 is 0 Å². The maximum atomic E-state index is 12.3. The standard InChI is InChI=1S/C14H16N4O/c1-9-3-2-4-13(16-9)17-14(19)12-7-10(15)8-18(12)11-5-6-11/h2-4,7-8,11H,5-6,15H2,1H3,(H,16,17,19). The van der Waals surface area contributed by atoms with Gasteiger partial charge in [0.1, 0.15) is 11.5 Å². The van der Waals surface area contributed by atoms with Crippen molar-refractivity contribution in [1.29, 1.82) is 0 Å². The maximum absolute atomic E-state index is 12.3. The summed E-state index contributed by atoms with van der Waals surface area (Å²) >= 11 is 0. The molecule has 2 aromatic rings. The Hall–Kier alpha value is -2.30. The summed E-state index contributed by atoms with van der Waals surface area (Å²) in [7, 11) is 0. The van der Waals surface area contributed by atoms with Gasteiger partial charge in [0, 0.05) is 17.9 Å². The van der Waals surface area contributed by atoms with Gasteiger partial charge >= 0.3 is 0 Å². The molecular formula is C14H16N4O. The Morgan fingerprint density at radius 2 is 2.26 bits per heavy atom. The highest BCUT2D eigenvalue weighted by Crippen LogP contribution is 2.37. The van der Waals surface area contributed by atoms with Gasteiger partial charge in [-0.15, -0.1) is 0 Å². The molecule has 0 radical (unpaired) electrons. The highest BCUT2D eigenvalue weighted by atomic mass is 16.2. The zero-order valence-corrected chi connectivity index (χ0v) is 10.8. The smallest absolute Gasteiger partial charge is 0.273 e. The fraction of sp³-hybridized carbons (Fsp3) is 0.286. The molecular weight excluding hydrogens is 240 g/mol. The number of carbonyl (C=O) groups is 1. The van der Waals surface area contributed by atoms with Gasteiger partial charge in [0.05, 0.1) is 5.69 Å². The first-order chi connectivity index (χ1) is 9.13. The molecule has 0 aliphatic heterocycles. The second-order valence-electron chi connectivity index (χ2n) is 4.92. The van der Waals surface area contributed by atoms with Crippen LogP contribution in [0.25, 0.3) is 0 Å². The van der Waals surface area contributed by atoms with Crippen LogP contribution in [0.4, 0.5) is 11.5 Å². The third-order valence-corrected chi connectivity index (χ3v) is 3.17. The van der Waals surface area contributed by atoms with Crippen LogP contribution in [0.3, 0.4) is 0 Å². The van der Waals surface area contributed by atoms with Crippen molar-refractivity contribution in [3.63, 3.8) is 0 Å². The number of nitrogens with zero attached hydrogens (tertiary/aromatic N) is 2. The van der Waals surface area contributed by atoms with Crippen LogP contribution in [0.1, 0.15) is 35.1 Å². The summed E-state index contributed by atoms with van der Waals surface area (Å²) in [4.78, 5) is 16.5. The lowest BCUT2D eigenvalue weighted by molar-refractivity contribution is 0.101. The number of hydrogen-bond acceptors (Lipinski definition) is 3. The molecule has 0 unspecified atom stereocenters. The second-order valence-corrected chi connectivity index (χ2v) is 4.92. The normalized spacial score (nSPS) is 14.4. The van der Waals surface area contributed by atoms with Gasteiger partial charge in [0.15, 0.2) is 0 Å². The lowest BCUT2D eigenvalue weighted by Crippen LogP contribution is -2.17. The average molecular weight is 256 g/mol. The number of hydrogen-bond donors (Lipinski definition) is 2. The van der Waals surface area contributed by atoms with E-state index in [-0.39, 0.29) is 5.91 Å². The predicted octanol–water partition coefficient (Wildman–Crippen LogP) is 2.36. The van der Waals surface area contributed by atoms with Gasteiger partial charge in [-0.05, 0) is 38.0 Å². The maximum Gasteiger partial charge on any atom is 0.273 e. The van der Waals surface area contributed by atoms with Crippen LogP contribution in [0, 0.1) is 6.92 Å². The number of pyridine rings is 1. The SMILES string of the molecule is Cc1cccc(NC(=O)c2cc(N)cn2C2CC2)n1. The summed E-state index contributed by atoms with van der Waals surface area (Å²) in [6.45, 7) is 1.89. The van der Waals surface area contributed by atoms with E-state index in [2.05, 4.69) is 10.3 Å². The number of nitrogens with one attached hydrogen (secondary N) is 1. The molecule has 0 saturated heterocycles. The van der Waals surface area contributed by atoms with E-state index in [9.17, 15) is 4.79 Å². The van der Waals surface area contributed by atoms with E-state index in [0.29, 0.717) is 23.2 Å². The van der Waals surface area contributed by atoms with E-state index in [0.717, 1.165) is 18.5 Å². The van der Waals surface area contributed by atoms with Crippen molar-refractivity contribution in [2.45, 2.75) is 25.8 Å². The van der Waals surface area contributed by atoms with Crippen molar-refractivity contribution < 1.29 is 4.79 Å². The van der Waals surface area contributed by atoms with Crippen LogP contribution in [0.5, 0.6) is 0 Å². The Morgan fingerprint density at radius 3 is 2.95 bits per heavy atom. The number of anilines is 2. The molecule has 1 fully saturated rings. The predicted molar refractivity (Wildman–Crippen MR) is 74.0 cm³/mol. The number of rotatable bonds is 3. The third kappa shape index (κ3) is 2.45. The summed E-state index contributed by atoms with van der Waals surface area (Å²) in [5.41, 5.74) is 7.87. The van der Waals surface area contributed by atoms with Crippen molar-refractivity contribution in [3.05, 3.63) is 41.9 Å². The van der Waals surface area contributed by atoms with Crippen LogP contribution < -0.4 is 11.1 Å². The fourth-order valence-corrected chi connectivity index (χ4v) is 2.13. The van der Waals surface area contributed by atoms with Crippen molar-refractivity contribution in [3.8, 4) is 0 Å². The van der Waals surface area contributed by atoms with E-state index < -0.39 is 0 Å². The Bertz CT molecular complexity index is 628. The molecule has 0 spiro atoms. The Morgan fingerprint density at radius 1 is 1.47 bits per heavy atom. The number of nitrogen functional groups attached to an aromatic ring is 1. The molecule has 1 aliphatic rings. The van der Waals surface area contributed by atoms with Gasteiger partial charge in [-0.1, -0.05) is 6.07 Å². The molecule has 0 aromatic carbocycles. The topological polar surface area (TPSA) is 72.9 Å². The molecule has 1 aliphatic carbocycles. The molecule has 3 N–H and O–H groups in total. The quantitative estimate of drug-likeness (QED) is 0.885. The highest BCUT2D eigenvalue weighted by molar-refractivity contribution is 6.03. The largest absolute Gasteiger partial charge is 0.397 e. The Kier molecular flexibility index (Phi) is 2.74. The molecule has 19 heavy (non-hydrogen) atoms. The second kappa shape index (κ2) is 4.42. The molecule has 98 valence electrons. The average Bonchev–Trinajstić information content (AvgIpc) is 3.12. The minimum Gasteiger partial charge on any atom is -0.397 e. The van der Waals surface area contributed by atoms with E-state index >= 15 is 0 Å².